The van der Waals surface area contributed by atoms with Gasteiger partial charge in [-0.25, -0.2) is 0 Å². The minimum absolute atomic E-state index is 0.0230. The van der Waals surface area contributed by atoms with Gasteiger partial charge >= 0.3 is 5.97 Å². The first-order valence-electron chi connectivity index (χ1n) is 5.14. The Morgan fingerprint density at radius 1 is 1.38 bits per heavy atom. The zero-order chi connectivity index (χ0) is 12.4. The number of carbonyl (C=O) groups excluding carboxylic acids is 1. The van der Waals surface area contributed by atoms with Gasteiger partial charge in [-0.05, 0) is 6.42 Å². The molecule has 0 aromatic heterocycles. The predicted octanol–water partition coefficient (Wildman–Crippen LogP) is -0.124. The fourth-order valence-electron chi connectivity index (χ4n) is 0.910. The zero-order valence-electron chi connectivity index (χ0n) is 9.69. The van der Waals surface area contributed by atoms with Crippen LogP contribution in [0.1, 0.15) is 13.3 Å². The maximum Gasteiger partial charge on any atom is 0.306 e. The maximum atomic E-state index is 11.1. The number of nitrogens with one attached hydrogen (secondary N) is 1. The zero-order valence-corrected chi connectivity index (χ0v) is 9.69. The Hall–Kier alpha value is -1.14. The summed E-state index contributed by atoms with van der Waals surface area (Å²) in [6.45, 7) is 2.74. The summed E-state index contributed by atoms with van der Waals surface area (Å²) < 4.78 is 9.73. The Morgan fingerprint density at radius 3 is 2.62 bits per heavy atom. The van der Waals surface area contributed by atoms with Crippen molar-refractivity contribution < 1.29 is 24.2 Å². The lowest BCUT2D eigenvalue weighted by molar-refractivity contribution is -0.141. The Balaban J connectivity index is 3.40. The molecular weight excluding hydrogens is 214 g/mol. The minimum Gasteiger partial charge on any atom is -0.481 e. The monoisotopic (exact) mass is 233 g/mol. The molecule has 0 bridgehead atoms. The molecule has 0 aromatic carbocycles. The molecule has 0 heterocycles. The van der Waals surface area contributed by atoms with Crippen molar-refractivity contribution in [1.29, 1.82) is 0 Å². The highest BCUT2D eigenvalue weighted by Gasteiger charge is 2.10. The van der Waals surface area contributed by atoms with Gasteiger partial charge in [0.1, 0.15) is 6.61 Å². The van der Waals surface area contributed by atoms with E-state index >= 15 is 0 Å². The quantitative estimate of drug-likeness (QED) is 0.542. The summed E-state index contributed by atoms with van der Waals surface area (Å²) in [6.07, 6.45) is 0.416. The Labute approximate surface area is 94.9 Å². The fourth-order valence-corrected chi connectivity index (χ4v) is 0.910. The predicted molar refractivity (Wildman–Crippen MR) is 57.1 cm³/mol. The van der Waals surface area contributed by atoms with E-state index in [0.29, 0.717) is 26.2 Å². The van der Waals surface area contributed by atoms with E-state index < -0.39 is 11.9 Å². The number of hydrogen-bond acceptors (Lipinski definition) is 4. The molecule has 1 atom stereocenters. The SMILES string of the molecule is COCCOCC(=O)NCCC(C)C(=O)O. The lowest BCUT2D eigenvalue weighted by atomic mass is 10.1. The van der Waals surface area contributed by atoms with Gasteiger partial charge in [-0.3, -0.25) is 9.59 Å². The molecule has 16 heavy (non-hydrogen) atoms. The third-order valence-electron chi connectivity index (χ3n) is 1.99. The smallest absolute Gasteiger partial charge is 0.306 e. The normalized spacial score (nSPS) is 12.1. The molecule has 0 radical (unpaired) electrons. The van der Waals surface area contributed by atoms with Crippen LogP contribution >= 0.6 is 0 Å². The molecule has 0 aliphatic rings. The van der Waals surface area contributed by atoms with E-state index in [0.717, 1.165) is 0 Å². The van der Waals surface area contributed by atoms with Crippen molar-refractivity contribution in [1.82, 2.24) is 5.32 Å². The number of carbonyl (C=O) groups is 2. The number of hydrogen-bond donors (Lipinski definition) is 2. The minimum atomic E-state index is -0.856. The summed E-state index contributed by atoms with van der Waals surface area (Å²) >= 11 is 0. The van der Waals surface area contributed by atoms with Crippen LogP contribution in [0.2, 0.25) is 0 Å². The van der Waals surface area contributed by atoms with Crippen molar-refractivity contribution in [2.45, 2.75) is 13.3 Å². The number of carboxylic acid groups (broad SMARTS) is 1. The highest BCUT2D eigenvalue weighted by molar-refractivity contribution is 5.77. The van der Waals surface area contributed by atoms with Crippen LogP contribution in [-0.2, 0) is 19.1 Å². The Bertz CT molecular complexity index is 219. The van der Waals surface area contributed by atoms with Crippen molar-refractivity contribution >= 4 is 11.9 Å². The molecule has 0 fully saturated rings. The second kappa shape index (κ2) is 9.11. The Morgan fingerprint density at radius 2 is 2.06 bits per heavy atom. The van der Waals surface area contributed by atoms with Crippen molar-refractivity contribution in [2.75, 3.05) is 33.5 Å². The van der Waals surface area contributed by atoms with Crippen LogP contribution in [0, 0.1) is 5.92 Å². The third kappa shape index (κ3) is 8.19. The number of ether oxygens (including phenoxy) is 2. The van der Waals surface area contributed by atoms with E-state index in [1.165, 1.54) is 0 Å². The third-order valence-corrected chi connectivity index (χ3v) is 1.99. The lowest BCUT2D eigenvalue weighted by Gasteiger charge is -2.08. The van der Waals surface area contributed by atoms with Gasteiger partial charge in [0.25, 0.3) is 0 Å². The number of carboxylic acids is 1. The number of rotatable bonds is 9. The van der Waals surface area contributed by atoms with E-state index in [9.17, 15) is 9.59 Å². The first-order chi connectivity index (χ1) is 7.57. The maximum absolute atomic E-state index is 11.1. The van der Waals surface area contributed by atoms with Gasteiger partial charge in [-0.1, -0.05) is 6.92 Å². The van der Waals surface area contributed by atoms with Crippen molar-refractivity contribution in [3.05, 3.63) is 0 Å². The van der Waals surface area contributed by atoms with Crippen LogP contribution in [0.15, 0.2) is 0 Å². The molecule has 0 spiro atoms. The van der Waals surface area contributed by atoms with Gasteiger partial charge in [0.15, 0.2) is 0 Å². The molecule has 6 nitrogen and oxygen atoms in total. The second-order valence-corrected chi connectivity index (χ2v) is 3.42. The van der Waals surface area contributed by atoms with Gasteiger partial charge in [0, 0.05) is 13.7 Å². The molecule has 0 saturated heterocycles. The number of aliphatic carboxylic acids is 1. The molecule has 1 amide bonds. The van der Waals surface area contributed by atoms with Crippen molar-refractivity contribution in [2.24, 2.45) is 5.92 Å². The fraction of sp³-hybridized carbons (Fsp3) is 0.800. The van der Waals surface area contributed by atoms with E-state index in [-0.39, 0.29) is 12.5 Å². The molecule has 2 N–H and O–H groups in total. The number of methoxy groups -OCH3 is 1. The average molecular weight is 233 g/mol. The van der Waals surface area contributed by atoms with Gasteiger partial charge in [-0.15, -0.1) is 0 Å². The van der Waals surface area contributed by atoms with Crippen molar-refractivity contribution in [3.8, 4) is 0 Å². The first-order valence-corrected chi connectivity index (χ1v) is 5.14. The van der Waals surface area contributed by atoms with Crippen LogP contribution in [-0.4, -0.2) is 50.5 Å². The standard InChI is InChI=1S/C10H19NO5/c1-8(10(13)14)3-4-11-9(12)7-16-6-5-15-2/h8H,3-7H2,1-2H3,(H,11,12)(H,13,14). The highest BCUT2D eigenvalue weighted by Crippen LogP contribution is 1.99. The molecule has 0 aliphatic heterocycles. The molecule has 1 unspecified atom stereocenters. The van der Waals surface area contributed by atoms with Gasteiger partial charge in [-0.2, -0.15) is 0 Å². The summed E-state index contributed by atoms with van der Waals surface area (Å²) in [5, 5.41) is 11.2. The number of amides is 1. The molecule has 6 heteroatoms. The average Bonchev–Trinajstić information content (AvgIpc) is 2.24. The van der Waals surface area contributed by atoms with E-state index in [1.54, 1.807) is 14.0 Å². The van der Waals surface area contributed by atoms with Crippen LogP contribution in [0.4, 0.5) is 0 Å². The lowest BCUT2D eigenvalue weighted by Crippen LogP contribution is -2.30. The van der Waals surface area contributed by atoms with E-state index in [4.69, 9.17) is 14.6 Å². The van der Waals surface area contributed by atoms with Gasteiger partial charge in [0.2, 0.25) is 5.91 Å². The molecular formula is C10H19NO5. The Kier molecular flexibility index (Phi) is 8.46. The second-order valence-electron chi connectivity index (χ2n) is 3.42. The molecule has 0 aliphatic carbocycles. The molecule has 94 valence electrons. The molecule has 0 rings (SSSR count). The van der Waals surface area contributed by atoms with Crippen LogP contribution in [0.3, 0.4) is 0 Å². The van der Waals surface area contributed by atoms with E-state index in [2.05, 4.69) is 5.32 Å². The highest BCUT2D eigenvalue weighted by atomic mass is 16.5. The van der Waals surface area contributed by atoms with Crippen LogP contribution in [0.5, 0.6) is 0 Å². The first kappa shape index (κ1) is 14.9. The summed E-state index contributed by atoms with van der Waals surface area (Å²) in [5.74, 6) is -1.55. The largest absolute Gasteiger partial charge is 0.481 e. The van der Waals surface area contributed by atoms with Crippen LogP contribution in [0.25, 0.3) is 0 Å². The summed E-state index contributed by atoms with van der Waals surface area (Å²) in [4.78, 5) is 21.6. The van der Waals surface area contributed by atoms with Crippen LogP contribution < -0.4 is 5.32 Å². The molecule has 0 aromatic rings. The summed E-state index contributed by atoms with van der Waals surface area (Å²) in [5.41, 5.74) is 0. The topological polar surface area (TPSA) is 84.9 Å². The summed E-state index contributed by atoms with van der Waals surface area (Å²) in [6, 6.07) is 0. The molecule has 0 saturated carbocycles. The summed E-state index contributed by atoms with van der Waals surface area (Å²) in [7, 11) is 1.55. The van der Waals surface area contributed by atoms with Gasteiger partial charge in [0.05, 0.1) is 19.1 Å². The van der Waals surface area contributed by atoms with Gasteiger partial charge < -0.3 is 19.9 Å². The van der Waals surface area contributed by atoms with Crippen molar-refractivity contribution in [3.63, 3.8) is 0 Å². The van der Waals surface area contributed by atoms with E-state index in [1.807, 2.05) is 0 Å².